The topological polar surface area (TPSA) is 72.8 Å². The van der Waals surface area contributed by atoms with Gasteiger partial charge in [-0.2, -0.15) is 0 Å². The van der Waals surface area contributed by atoms with E-state index in [0.717, 1.165) is 44.4 Å². The number of esters is 2. The predicted molar refractivity (Wildman–Crippen MR) is 168 cm³/mol. The molecule has 0 unspecified atom stereocenters. The van der Waals surface area contributed by atoms with Crippen LogP contribution >= 0.6 is 0 Å². The van der Waals surface area contributed by atoms with Gasteiger partial charge in [0.15, 0.2) is 6.10 Å². The van der Waals surface area contributed by atoms with Crippen LogP contribution in [0.15, 0.2) is 0 Å². The molecule has 0 rings (SSSR count). The van der Waals surface area contributed by atoms with Crippen molar-refractivity contribution < 1.29 is 24.2 Å². The Balaban J connectivity index is 3.51. The fourth-order valence-electron chi connectivity index (χ4n) is 5.15. The van der Waals surface area contributed by atoms with Crippen LogP contribution in [0.2, 0.25) is 0 Å². The molecule has 0 aliphatic heterocycles. The van der Waals surface area contributed by atoms with Crippen molar-refractivity contribution in [1.29, 1.82) is 0 Å². The predicted octanol–water partition coefficient (Wildman–Crippen LogP) is 10.3. The number of aliphatic hydroxyl groups excluding tert-OH is 1. The van der Waals surface area contributed by atoms with E-state index in [1.54, 1.807) is 0 Å². The Kier molecular flexibility index (Phi) is 30.0. The second-order valence-electron chi connectivity index (χ2n) is 12.4. The van der Waals surface area contributed by atoms with Crippen molar-refractivity contribution in [2.75, 3.05) is 13.2 Å². The average Bonchev–Trinajstić information content (AvgIpc) is 2.93. The molecule has 0 aliphatic carbocycles. The largest absolute Gasteiger partial charge is 0.462 e. The van der Waals surface area contributed by atoms with E-state index >= 15 is 0 Å². The fraction of sp³-hybridized carbons (Fsp3) is 0.943. The third kappa shape index (κ3) is 29.9. The van der Waals surface area contributed by atoms with Gasteiger partial charge in [0.2, 0.25) is 0 Å². The van der Waals surface area contributed by atoms with E-state index < -0.39 is 6.10 Å². The Bertz CT molecular complexity index is 548. The van der Waals surface area contributed by atoms with Gasteiger partial charge in [0.05, 0.1) is 6.61 Å². The molecule has 0 saturated carbocycles. The normalized spacial score (nSPS) is 12.1. The van der Waals surface area contributed by atoms with Gasteiger partial charge in [-0.3, -0.25) is 9.59 Å². The maximum Gasteiger partial charge on any atom is 0.306 e. The van der Waals surface area contributed by atoms with E-state index in [4.69, 9.17) is 9.47 Å². The summed E-state index contributed by atoms with van der Waals surface area (Å²) in [5.41, 5.74) is 0. The van der Waals surface area contributed by atoms with Gasteiger partial charge in [0, 0.05) is 12.8 Å². The molecule has 0 aromatic rings. The molecule has 1 atom stereocenters. The van der Waals surface area contributed by atoms with Gasteiger partial charge >= 0.3 is 11.9 Å². The lowest BCUT2D eigenvalue weighted by Crippen LogP contribution is -2.28. The molecule has 0 aromatic heterocycles. The number of hydrogen-bond donors (Lipinski definition) is 1. The summed E-state index contributed by atoms with van der Waals surface area (Å²) in [5.74, 6) is 0.191. The van der Waals surface area contributed by atoms with E-state index in [0.29, 0.717) is 12.8 Å². The summed E-state index contributed by atoms with van der Waals surface area (Å²) in [6.07, 6.45) is 30.3. The lowest BCUT2D eigenvalue weighted by molar-refractivity contribution is -0.161. The standard InChI is InChI=1S/C35H68O5/c1-4-5-6-7-8-9-10-11-12-13-14-15-16-17-18-23-26-29-35(38)40-33(30-36)31-39-34(37)28-25-22-20-19-21-24-27-32(2)3/h32-33,36H,4-31H2,1-3H3/t33-/m0/s1. The minimum absolute atomic E-state index is 0.0602. The summed E-state index contributed by atoms with van der Waals surface area (Å²) in [6, 6.07) is 0. The first kappa shape index (κ1) is 38.9. The van der Waals surface area contributed by atoms with E-state index in [9.17, 15) is 14.7 Å². The van der Waals surface area contributed by atoms with Gasteiger partial charge in [0.1, 0.15) is 6.61 Å². The van der Waals surface area contributed by atoms with Crippen LogP contribution in [0.5, 0.6) is 0 Å². The van der Waals surface area contributed by atoms with Crippen molar-refractivity contribution in [3.63, 3.8) is 0 Å². The summed E-state index contributed by atoms with van der Waals surface area (Å²) >= 11 is 0. The highest BCUT2D eigenvalue weighted by Gasteiger charge is 2.16. The molecule has 0 amide bonds. The minimum Gasteiger partial charge on any atom is -0.462 e. The van der Waals surface area contributed by atoms with Crippen LogP contribution in [0.3, 0.4) is 0 Å². The number of hydrogen-bond acceptors (Lipinski definition) is 5. The van der Waals surface area contributed by atoms with Crippen molar-refractivity contribution in [3.8, 4) is 0 Å². The minimum atomic E-state index is -0.761. The number of unbranched alkanes of at least 4 members (excludes halogenated alkanes) is 21. The zero-order valence-electron chi connectivity index (χ0n) is 27.0. The summed E-state index contributed by atoms with van der Waals surface area (Å²) in [7, 11) is 0. The molecule has 40 heavy (non-hydrogen) atoms. The summed E-state index contributed by atoms with van der Waals surface area (Å²) in [6.45, 7) is 6.41. The monoisotopic (exact) mass is 569 g/mol. The van der Waals surface area contributed by atoms with E-state index in [2.05, 4.69) is 20.8 Å². The van der Waals surface area contributed by atoms with Crippen LogP contribution in [-0.4, -0.2) is 36.4 Å². The molecule has 238 valence electrons. The highest BCUT2D eigenvalue weighted by molar-refractivity contribution is 5.70. The van der Waals surface area contributed by atoms with Gasteiger partial charge in [-0.1, -0.05) is 162 Å². The number of rotatable bonds is 31. The van der Waals surface area contributed by atoms with Crippen molar-refractivity contribution in [1.82, 2.24) is 0 Å². The third-order valence-electron chi connectivity index (χ3n) is 7.83. The lowest BCUT2D eigenvalue weighted by atomic mass is 10.0. The number of carbonyl (C=O) groups excluding carboxylic acids is 2. The van der Waals surface area contributed by atoms with Crippen LogP contribution < -0.4 is 0 Å². The fourth-order valence-corrected chi connectivity index (χ4v) is 5.15. The Morgan fingerprint density at radius 2 is 0.925 bits per heavy atom. The summed E-state index contributed by atoms with van der Waals surface area (Å²) < 4.78 is 10.5. The van der Waals surface area contributed by atoms with E-state index in [1.165, 1.54) is 116 Å². The Morgan fingerprint density at radius 1 is 0.550 bits per heavy atom. The molecule has 0 radical (unpaired) electrons. The molecule has 0 fully saturated rings. The van der Waals surface area contributed by atoms with Crippen molar-refractivity contribution >= 4 is 11.9 Å². The molecule has 5 nitrogen and oxygen atoms in total. The van der Waals surface area contributed by atoms with Crippen LogP contribution in [0.25, 0.3) is 0 Å². The van der Waals surface area contributed by atoms with Gasteiger partial charge < -0.3 is 14.6 Å². The molecule has 0 spiro atoms. The second kappa shape index (κ2) is 30.8. The molecule has 1 N–H and O–H groups in total. The van der Waals surface area contributed by atoms with Crippen molar-refractivity contribution in [2.45, 2.75) is 194 Å². The molecule has 0 saturated heterocycles. The van der Waals surface area contributed by atoms with Gasteiger partial charge in [-0.05, 0) is 18.8 Å². The maximum absolute atomic E-state index is 12.1. The number of aliphatic hydroxyl groups is 1. The third-order valence-corrected chi connectivity index (χ3v) is 7.83. The van der Waals surface area contributed by atoms with Crippen molar-refractivity contribution in [2.24, 2.45) is 5.92 Å². The first-order valence-corrected chi connectivity index (χ1v) is 17.5. The van der Waals surface area contributed by atoms with E-state index in [1.807, 2.05) is 0 Å². The molecule has 0 bridgehead atoms. The average molecular weight is 569 g/mol. The Labute approximate surface area is 248 Å². The smallest absolute Gasteiger partial charge is 0.306 e. The van der Waals surface area contributed by atoms with Gasteiger partial charge in [0.25, 0.3) is 0 Å². The first-order chi connectivity index (χ1) is 19.5. The Morgan fingerprint density at radius 3 is 1.32 bits per heavy atom. The molecule has 0 aliphatic rings. The SMILES string of the molecule is CCCCCCCCCCCCCCCCCCCC(=O)O[C@@H](CO)COC(=O)CCCCCCCCC(C)C. The van der Waals surface area contributed by atoms with Gasteiger partial charge in [-0.25, -0.2) is 0 Å². The summed E-state index contributed by atoms with van der Waals surface area (Å²) in [5, 5.41) is 9.49. The molecule has 0 heterocycles. The molecular weight excluding hydrogens is 500 g/mol. The van der Waals surface area contributed by atoms with Gasteiger partial charge in [-0.15, -0.1) is 0 Å². The first-order valence-electron chi connectivity index (χ1n) is 17.5. The lowest BCUT2D eigenvalue weighted by Gasteiger charge is -2.15. The zero-order valence-corrected chi connectivity index (χ0v) is 27.0. The van der Waals surface area contributed by atoms with Crippen molar-refractivity contribution in [3.05, 3.63) is 0 Å². The van der Waals surface area contributed by atoms with Crippen LogP contribution in [-0.2, 0) is 19.1 Å². The molecular formula is C35H68O5. The number of carbonyl (C=O) groups is 2. The van der Waals surface area contributed by atoms with E-state index in [-0.39, 0.29) is 25.2 Å². The summed E-state index contributed by atoms with van der Waals surface area (Å²) in [4.78, 5) is 24.1. The van der Waals surface area contributed by atoms with Crippen LogP contribution in [0, 0.1) is 5.92 Å². The van der Waals surface area contributed by atoms with Crippen LogP contribution in [0.4, 0.5) is 0 Å². The molecule has 0 aromatic carbocycles. The quantitative estimate of drug-likeness (QED) is 0.0665. The Hall–Kier alpha value is -1.10. The number of ether oxygens (including phenoxy) is 2. The zero-order chi connectivity index (χ0) is 29.5. The highest BCUT2D eigenvalue weighted by Crippen LogP contribution is 2.15. The maximum atomic E-state index is 12.1. The highest BCUT2D eigenvalue weighted by atomic mass is 16.6. The second-order valence-corrected chi connectivity index (χ2v) is 12.4. The molecule has 5 heteroatoms. The van der Waals surface area contributed by atoms with Crippen LogP contribution in [0.1, 0.15) is 188 Å².